The Balaban J connectivity index is 1.61. The lowest BCUT2D eigenvalue weighted by atomic mass is 10.0. The molecule has 1 unspecified atom stereocenters. The van der Waals surface area contributed by atoms with Crippen LogP contribution in [0.1, 0.15) is 21.7 Å². The van der Waals surface area contributed by atoms with Gasteiger partial charge in [0.15, 0.2) is 0 Å². The van der Waals surface area contributed by atoms with Gasteiger partial charge in [0.25, 0.3) is 5.91 Å². The molecule has 3 rings (SSSR count). The molecule has 1 fully saturated rings. The number of primary amides is 1. The highest BCUT2D eigenvalue weighted by Crippen LogP contribution is 2.14. The van der Waals surface area contributed by atoms with Crippen LogP contribution in [0.15, 0.2) is 36.9 Å². The Bertz CT molecular complexity index is 662. The van der Waals surface area contributed by atoms with Crippen molar-refractivity contribution in [2.75, 3.05) is 26.3 Å². The van der Waals surface area contributed by atoms with Gasteiger partial charge in [0.1, 0.15) is 5.69 Å². The predicted molar refractivity (Wildman–Crippen MR) is 88.1 cm³/mol. The van der Waals surface area contributed by atoms with E-state index < -0.39 is 5.91 Å². The standard InChI is InChI=1S/C17H21N5O2/c18-17(23)16-9-20-15(8-21-16)6-14-11-22(4-5-24-12-14)10-13-2-1-3-19-7-13/h1-3,7-9,14H,4-6,10-12H2,(H2,18,23). The Kier molecular flexibility index (Phi) is 5.45. The maximum absolute atomic E-state index is 11.1. The number of hydrogen-bond donors (Lipinski definition) is 1. The Labute approximate surface area is 140 Å². The number of pyridine rings is 1. The van der Waals surface area contributed by atoms with Gasteiger partial charge in [-0.3, -0.25) is 19.7 Å². The third kappa shape index (κ3) is 4.56. The summed E-state index contributed by atoms with van der Waals surface area (Å²) in [5.41, 5.74) is 7.42. The Morgan fingerprint density at radius 2 is 2.25 bits per heavy atom. The molecule has 2 aromatic heterocycles. The molecule has 0 aromatic carbocycles. The van der Waals surface area contributed by atoms with E-state index in [-0.39, 0.29) is 5.69 Å². The first kappa shape index (κ1) is 16.5. The van der Waals surface area contributed by atoms with Crippen molar-refractivity contribution in [1.29, 1.82) is 0 Å². The van der Waals surface area contributed by atoms with E-state index in [0.717, 1.165) is 38.4 Å². The van der Waals surface area contributed by atoms with E-state index >= 15 is 0 Å². The summed E-state index contributed by atoms with van der Waals surface area (Å²) in [6, 6.07) is 4.04. The van der Waals surface area contributed by atoms with E-state index in [4.69, 9.17) is 10.5 Å². The van der Waals surface area contributed by atoms with Gasteiger partial charge in [-0.2, -0.15) is 0 Å². The van der Waals surface area contributed by atoms with Crippen LogP contribution in [0.3, 0.4) is 0 Å². The third-order valence-corrected chi connectivity index (χ3v) is 4.01. The summed E-state index contributed by atoms with van der Waals surface area (Å²) in [7, 11) is 0. The molecule has 0 radical (unpaired) electrons. The lowest BCUT2D eigenvalue weighted by molar-refractivity contribution is 0.0995. The molecule has 0 bridgehead atoms. The average Bonchev–Trinajstić information content (AvgIpc) is 2.81. The summed E-state index contributed by atoms with van der Waals surface area (Å²) in [5, 5.41) is 0. The van der Waals surface area contributed by atoms with Crippen LogP contribution in [0.4, 0.5) is 0 Å². The second-order valence-corrected chi connectivity index (χ2v) is 6.00. The summed E-state index contributed by atoms with van der Waals surface area (Å²) in [5.74, 6) is -0.229. The number of rotatable bonds is 5. The first-order chi connectivity index (χ1) is 11.7. The van der Waals surface area contributed by atoms with Gasteiger partial charge in [0, 0.05) is 44.1 Å². The molecule has 126 valence electrons. The molecule has 0 saturated carbocycles. The number of carbonyl (C=O) groups excluding carboxylic acids is 1. The van der Waals surface area contributed by atoms with Crippen molar-refractivity contribution >= 4 is 5.91 Å². The molecule has 24 heavy (non-hydrogen) atoms. The minimum atomic E-state index is -0.561. The lowest BCUT2D eigenvalue weighted by Gasteiger charge is -2.23. The van der Waals surface area contributed by atoms with E-state index in [1.165, 1.54) is 11.8 Å². The Morgan fingerprint density at radius 1 is 1.33 bits per heavy atom. The van der Waals surface area contributed by atoms with Crippen LogP contribution in [-0.2, 0) is 17.7 Å². The third-order valence-electron chi connectivity index (χ3n) is 4.01. The highest BCUT2D eigenvalue weighted by Gasteiger charge is 2.20. The molecular weight excluding hydrogens is 306 g/mol. The molecule has 1 aliphatic heterocycles. The van der Waals surface area contributed by atoms with Crippen LogP contribution in [0.5, 0.6) is 0 Å². The normalized spacial score (nSPS) is 18.9. The number of amides is 1. The summed E-state index contributed by atoms with van der Waals surface area (Å²) in [6.45, 7) is 4.11. The molecule has 2 N–H and O–H groups in total. The zero-order chi connectivity index (χ0) is 16.8. The van der Waals surface area contributed by atoms with Crippen LogP contribution < -0.4 is 5.73 Å². The molecular formula is C17H21N5O2. The molecule has 0 spiro atoms. The number of aromatic nitrogens is 3. The number of nitrogens with two attached hydrogens (primary N) is 1. The Hall–Kier alpha value is -2.38. The van der Waals surface area contributed by atoms with Crippen LogP contribution in [0, 0.1) is 5.92 Å². The van der Waals surface area contributed by atoms with Gasteiger partial charge in [0.2, 0.25) is 0 Å². The van der Waals surface area contributed by atoms with Gasteiger partial charge in [0.05, 0.1) is 25.1 Å². The summed E-state index contributed by atoms with van der Waals surface area (Å²) in [4.78, 5) is 25.9. The number of carbonyl (C=O) groups is 1. The minimum Gasteiger partial charge on any atom is -0.380 e. The van der Waals surface area contributed by atoms with Gasteiger partial charge in [-0.15, -0.1) is 0 Å². The molecule has 1 amide bonds. The highest BCUT2D eigenvalue weighted by atomic mass is 16.5. The Morgan fingerprint density at radius 3 is 2.96 bits per heavy atom. The maximum Gasteiger partial charge on any atom is 0.268 e. The average molecular weight is 327 g/mol. The number of nitrogens with zero attached hydrogens (tertiary/aromatic N) is 4. The van der Waals surface area contributed by atoms with Crippen molar-refractivity contribution < 1.29 is 9.53 Å². The van der Waals surface area contributed by atoms with Crippen LogP contribution >= 0.6 is 0 Å². The van der Waals surface area contributed by atoms with Gasteiger partial charge >= 0.3 is 0 Å². The summed E-state index contributed by atoms with van der Waals surface area (Å²) < 4.78 is 5.73. The first-order valence-electron chi connectivity index (χ1n) is 8.00. The van der Waals surface area contributed by atoms with Crippen molar-refractivity contribution in [3.63, 3.8) is 0 Å². The summed E-state index contributed by atoms with van der Waals surface area (Å²) in [6.07, 6.45) is 7.50. The van der Waals surface area contributed by atoms with Crippen molar-refractivity contribution in [2.24, 2.45) is 11.7 Å². The second-order valence-electron chi connectivity index (χ2n) is 6.00. The molecule has 7 heteroatoms. The SMILES string of the molecule is NC(=O)c1cnc(CC2COCCN(Cc3cccnc3)C2)cn1. The van der Waals surface area contributed by atoms with E-state index in [1.54, 1.807) is 12.4 Å². The van der Waals surface area contributed by atoms with Gasteiger partial charge < -0.3 is 10.5 Å². The lowest BCUT2D eigenvalue weighted by Crippen LogP contribution is -2.30. The van der Waals surface area contributed by atoms with Crippen molar-refractivity contribution in [3.8, 4) is 0 Å². The molecule has 1 atom stereocenters. The summed E-state index contributed by atoms with van der Waals surface area (Å²) >= 11 is 0. The number of ether oxygens (including phenoxy) is 1. The highest BCUT2D eigenvalue weighted by molar-refractivity contribution is 5.90. The predicted octanol–water partition coefficient (Wildman–Crippen LogP) is 0.662. The fourth-order valence-corrected chi connectivity index (χ4v) is 2.85. The largest absolute Gasteiger partial charge is 0.380 e. The van der Waals surface area contributed by atoms with E-state index in [9.17, 15) is 4.79 Å². The van der Waals surface area contributed by atoms with Gasteiger partial charge in [-0.05, 0) is 18.1 Å². The fourth-order valence-electron chi connectivity index (χ4n) is 2.85. The van der Waals surface area contributed by atoms with E-state index in [1.807, 2.05) is 12.3 Å². The van der Waals surface area contributed by atoms with Crippen LogP contribution in [-0.4, -0.2) is 52.1 Å². The fraction of sp³-hybridized carbons (Fsp3) is 0.412. The molecule has 0 aliphatic carbocycles. The number of hydrogen-bond acceptors (Lipinski definition) is 6. The molecule has 7 nitrogen and oxygen atoms in total. The first-order valence-corrected chi connectivity index (χ1v) is 8.00. The van der Waals surface area contributed by atoms with Crippen molar-refractivity contribution in [1.82, 2.24) is 19.9 Å². The molecule has 1 saturated heterocycles. The zero-order valence-corrected chi connectivity index (χ0v) is 13.5. The molecule has 1 aliphatic rings. The monoisotopic (exact) mass is 327 g/mol. The van der Waals surface area contributed by atoms with Crippen LogP contribution in [0.25, 0.3) is 0 Å². The van der Waals surface area contributed by atoms with Crippen molar-refractivity contribution in [2.45, 2.75) is 13.0 Å². The van der Waals surface area contributed by atoms with Gasteiger partial charge in [-0.25, -0.2) is 4.98 Å². The smallest absolute Gasteiger partial charge is 0.268 e. The second kappa shape index (κ2) is 7.94. The quantitative estimate of drug-likeness (QED) is 0.867. The van der Waals surface area contributed by atoms with E-state index in [2.05, 4.69) is 25.9 Å². The minimum absolute atomic E-state index is 0.189. The van der Waals surface area contributed by atoms with E-state index in [0.29, 0.717) is 12.5 Å². The van der Waals surface area contributed by atoms with Crippen LogP contribution in [0.2, 0.25) is 0 Å². The zero-order valence-electron chi connectivity index (χ0n) is 13.5. The topological polar surface area (TPSA) is 94.2 Å². The molecule has 3 heterocycles. The van der Waals surface area contributed by atoms with Crippen molar-refractivity contribution in [3.05, 3.63) is 53.9 Å². The molecule has 2 aromatic rings. The van der Waals surface area contributed by atoms with Gasteiger partial charge in [-0.1, -0.05) is 6.07 Å². The maximum atomic E-state index is 11.1.